The molecule has 0 unspecified atom stereocenters. The van der Waals surface area contributed by atoms with Crippen LogP contribution in [-0.4, -0.2) is 0 Å². The average molecular weight is 533 g/mol. The Bertz CT molecular complexity index is 2000. The fourth-order valence-corrected chi connectivity index (χ4v) is 6.10. The largest absolute Gasteiger partial charge is 0.115 e. The van der Waals surface area contributed by atoms with Crippen LogP contribution in [0.5, 0.6) is 0 Å². The Kier molecular flexibility index (Phi) is 6.69. The second-order valence-electron chi connectivity index (χ2n) is 10.4. The molecule has 5 aromatic carbocycles. The van der Waals surface area contributed by atoms with Crippen molar-refractivity contribution in [1.29, 1.82) is 0 Å². The number of terminal acetylenes is 1. The van der Waals surface area contributed by atoms with Crippen molar-refractivity contribution in [1.82, 2.24) is 0 Å². The van der Waals surface area contributed by atoms with E-state index in [0.717, 1.165) is 27.8 Å². The van der Waals surface area contributed by atoms with Crippen molar-refractivity contribution >= 4 is 0 Å². The first-order valence-electron chi connectivity index (χ1n) is 14.2. The van der Waals surface area contributed by atoms with E-state index in [4.69, 9.17) is 6.42 Å². The van der Waals surface area contributed by atoms with Crippen LogP contribution in [0.3, 0.4) is 0 Å². The van der Waals surface area contributed by atoms with Gasteiger partial charge in [-0.2, -0.15) is 0 Å². The molecule has 0 atom stereocenters. The van der Waals surface area contributed by atoms with Gasteiger partial charge >= 0.3 is 0 Å². The van der Waals surface area contributed by atoms with E-state index in [2.05, 4.69) is 170 Å². The summed E-state index contributed by atoms with van der Waals surface area (Å²) in [6, 6.07) is 58.2. The lowest BCUT2D eigenvalue weighted by atomic mass is 9.78. The molecule has 0 saturated carbocycles. The summed E-state index contributed by atoms with van der Waals surface area (Å²) in [5, 5.41) is 0. The van der Waals surface area contributed by atoms with E-state index in [1.165, 1.54) is 44.5 Å². The molecule has 0 N–H and O–H groups in total. The monoisotopic (exact) mass is 532 g/mol. The van der Waals surface area contributed by atoms with Crippen molar-refractivity contribution in [3.05, 3.63) is 169 Å². The first kappa shape index (κ1) is 25.3. The first-order valence-corrected chi connectivity index (χ1v) is 14.2. The SMILES string of the molecule is C#Cc1cc(-c2cc(-c3ccccc3)c(-c3ccccc3)c(-c3ccccc3)c2-c2ccccc2)c2cccccc1-2. The molecule has 5 aromatic rings. The van der Waals surface area contributed by atoms with Crippen LogP contribution in [-0.2, 0) is 0 Å². The van der Waals surface area contributed by atoms with Gasteiger partial charge in [0, 0.05) is 5.56 Å². The Hall–Kier alpha value is -5.64. The lowest BCUT2D eigenvalue weighted by molar-refractivity contribution is 1.53. The van der Waals surface area contributed by atoms with Crippen LogP contribution in [0.1, 0.15) is 5.56 Å². The molecular formula is C42H28. The van der Waals surface area contributed by atoms with Gasteiger partial charge in [0.05, 0.1) is 0 Å². The summed E-state index contributed by atoms with van der Waals surface area (Å²) in [6.45, 7) is 0. The minimum atomic E-state index is 0.907. The van der Waals surface area contributed by atoms with Crippen LogP contribution in [0.4, 0.5) is 0 Å². The number of hydrogen-bond donors (Lipinski definition) is 0. The van der Waals surface area contributed by atoms with Gasteiger partial charge in [-0.1, -0.05) is 158 Å². The quantitative estimate of drug-likeness (QED) is 0.193. The zero-order valence-corrected chi connectivity index (χ0v) is 23.2. The molecule has 42 heavy (non-hydrogen) atoms. The van der Waals surface area contributed by atoms with Crippen molar-refractivity contribution in [2.24, 2.45) is 0 Å². The third-order valence-corrected chi connectivity index (χ3v) is 7.95. The highest BCUT2D eigenvalue weighted by atomic mass is 14.3. The minimum Gasteiger partial charge on any atom is -0.115 e. The van der Waals surface area contributed by atoms with Gasteiger partial charge in [0.25, 0.3) is 0 Å². The lowest BCUT2D eigenvalue weighted by Crippen LogP contribution is -1.98. The second-order valence-corrected chi connectivity index (χ2v) is 10.4. The van der Waals surface area contributed by atoms with Crippen LogP contribution in [0.15, 0.2) is 164 Å². The summed E-state index contributed by atoms with van der Waals surface area (Å²) in [7, 11) is 0. The van der Waals surface area contributed by atoms with Gasteiger partial charge < -0.3 is 0 Å². The maximum Gasteiger partial charge on any atom is 0.0327 e. The van der Waals surface area contributed by atoms with Gasteiger partial charge in [-0.3, -0.25) is 0 Å². The predicted octanol–water partition coefficient (Wildman–Crippen LogP) is 11.1. The Morgan fingerprint density at radius 1 is 0.310 bits per heavy atom. The molecule has 7 rings (SSSR count). The van der Waals surface area contributed by atoms with Crippen molar-refractivity contribution in [3.8, 4) is 79.1 Å². The maximum absolute atomic E-state index is 6.09. The Labute approximate surface area is 247 Å². The van der Waals surface area contributed by atoms with Crippen LogP contribution >= 0.6 is 0 Å². The predicted molar refractivity (Wildman–Crippen MR) is 178 cm³/mol. The Balaban J connectivity index is 1.72. The smallest absolute Gasteiger partial charge is 0.0327 e. The zero-order valence-electron chi connectivity index (χ0n) is 23.2. The number of fused-ring (bicyclic) bond motifs is 1. The summed E-state index contributed by atoms with van der Waals surface area (Å²) in [5.41, 5.74) is 15.0. The molecule has 0 radical (unpaired) electrons. The lowest BCUT2D eigenvalue weighted by Gasteiger charge is -2.24. The molecule has 196 valence electrons. The third-order valence-electron chi connectivity index (χ3n) is 7.95. The molecule has 2 aliphatic rings. The molecule has 0 heteroatoms. The number of benzene rings is 5. The highest BCUT2D eigenvalue weighted by Gasteiger charge is 2.26. The van der Waals surface area contributed by atoms with Gasteiger partial charge in [0.1, 0.15) is 0 Å². The van der Waals surface area contributed by atoms with Crippen molar-refractivity contribution in [2.45, 2.75) is 0 Å². The van der Waals surface area contributed by atoms with Gasteiger partial charge in [0.15, 0.2) is 0 Å². The molecule has 0 spiro atoms. The van der Waals surface area contributed by atoms with Gasteiger partial charge in [-0.25, -0.2) is 0 Å². The topological polar surface area (TPSA) is 0 Å². The summed E-state index contributed by atoms with van der Waals surface area (Å²) >= 11 is 0. The van der Waals surface area contributed by atoms with Gasteiger partial charge in [-0.15, -0.1) is 6.42 Å². The van der Waals surface area contributed by atoms with Crippen LogP contribution in [0, 0.1) is 12.3 Å². The minimum absolute atomic E-state index is 0.907. The normalized spacial score (nSPS) is 10.8. The summed E-state index contributed by atoms with van der Waals surface area (Å²) in [6.07, 6.45) is 6.09. The first-order chi connectivity index (χ1) is 20.8. The van der Waals surface area contributed by atoms with E-state index in [1.807, 2.05) is 0 Å². The fraction of sp³-hybridized carbons (Fsp3) is 0. The summed E-state index contributed by atoms with van der Waals surface area (Å²) < 4.78 is 0. The van der Waals surface area contributed by atoms with Crippen LogP contribution < -0.4 is 0 Å². The Morgan fingerprint density at radius 3 is 1.21 bits per heavy atom. The average Bonchev–Trinajstić information content (AvgIpc) is 3.23. The second kappa shape index (κ2) is 11.1. The number of rotatable bonds is 5. The van der Waals surface area contributed by atoms with E-state index < -0.39 is 0 Å². The zero-order chi connectivity index (χ0) is 28.3. The molecule has 0 aliphatic heterocycles. The molecule has 0 aromatic heterocycles. The van der Waals surface area contributed by atoms with Crippen LogP contribution in [0.25, 0.3) is 66.8 Å². The fourth-order valence-electron chi connectivity index (χ4n) is 6.10. The van der Waals surface area contributed by atoms with E-state index in [-0.39, 0.29) is 0 Å². The van der Waals surface area contributed by atoms with E-state index in [1.54, 1.807) is 0 Å². The van der Waals surface area contributed by atoms with Crippen molar-refractivity contribution in [2.75, 3.05) is 0 Å². The molecule has 0 heterocycles. The molecular weight excluding hydrogens is 504 g/mol. The van der Waals surface area contributed by atoms with E-state index in [0.29, 0.717) is 0 Å². The Morgan fingerprint density at radius 2 is 0.714 bits per heavy atom. The molecule has 2 aliphatic carbocycles. The highest BCUT2D eigenvalue weighted by molar-refractivity contribution is 6.09. The molecule has 0 nitrogen and oxygen atoms in total. The maximum atomic E-state index is 6.09. The third kappa shape index (κ3) is 4.48. The van der Waals surface area contributed by atoms with Crippen molar-refractivity contribution in [3.63, 3.8) is 0 Å². The molecule has 0 bridgehead atoms. The van der Waals surface area contributed by atoms with E-state index >= 15 is 0 Å². The van der Waals surface area contributed by atoms with Gasteiger partial charge in [0.2, 0.25) is 0 Å². The molecule has 0 saturated heterocycles. The standard InChI is InChI=1S/C42H28/c1-2-30-28-38(36-27-17-7-16-26-35(30)36)39-29-37(31-18-8-3-9-19-31)40(32-20-10-4-11-21-32)42(34-24-14-6-15-25-34)41(39)33-22-12-5-13-23-33/h1,3-29H. The highest BCUT2D eigenvalue weighted by Crippen LogP contribution is 2.52. The molecule has 0 fully saturated rings. The number of hydrogen-bond acceptors (Lipinski definition) is 0. The van der Waals surface area contributed by atoms with Crippen LogP contribution in [0.2, 0.25) is 0 Å². The molecule has 0 amide bonds. The summed E-state index contributed by atoms with van der Waals surface area (Å²) in [5.74, 6) is 2.96. The van der Waals surface area contributed by atoms with Gasteiger partial charge in [-0.05, 0) is 78.9 Å². The van der Waals surface area contributed by atoms with Crippen molar-refractivity contribution < 1.29 is 0 Å². The summed E-state index contributed by atoms with van der Waals surface area (Å²) in [4.78, 5) is 0. The van der Waals surface area contributed by atoms with E-state index in [9.17, 15) is 0 Å².